The lowest BCUT2D eigenvalue weighted by atomic mass is 9.99. The van der Waals surface area contributed by atoms with Crippen LogP contribution in [0.1, 0.15) is 45.6 Å². The average Bonchev–Trinajstić information content (AvgIpc) is 2.69. The van der Waals surface area contributed by atoms with Gasteiger partial charge in [-0.2, -0.15) is 0 Å². The topological polar surface area (TPSA) is 75.3 Å². The highest BCUT2D eigenvalue weighted by molar-refractivity contribution is 7.92. The number of hydrogen-bond acceptors (Lipinski definition) is 3. The number of anilines is 1. The Morgan fingerprint density at radius 2 is 1.55 bits per heavy atom. The molecule has 1 atom stereocenters. The highest BCUT2D eigenvalue weighted by Crippen LogP contribution is 2.25. The molecule has 0 bridgehead atoms. The molecule has 0 radical (unpaired) electrons. The van der Waals surface area contributed by atoms with Crippen molar-refractivity contribution in [2.45, 2.75) is 38.6 Å². The molecule has 5 nitrogen and oxygen atoms in total. The van der Waals surface area contributed by atoms with Crippen LogP contribution in [-0.2, 0) is 10.0 Å². The number of carbonyl (C=O) groups is 1. The Morgan fingerprint density at radius 1 is 0.903 bits per heavy atom. The maximum Gasteiger partial charge on any atom is 0.261 e. The van der Waals surface area contributed by atoms with Crippen molar-refractivity contribution in [2.24, 2.45) is 0 Å². The minimum atomic E-state index is -3.75. The zero-order valence-corrected chi connectivity index (χ0v) is 19.4. The Kier molecular flexibility index (Phi) is 6.72. The fraction of sp³-hybridized carbons (Fsp3) is 0.208. The maximum absolute atomic E-state index is 12.8. The number of amides is 1. The van der Waals surface area contributed by atoms with E-state index in [1.165, 1.54) is 30.3 Å². The summed E-state index contributed by atoms with van der Waals surface area (Å²) >= 11 is 6.31. The Labute approximate surface area is 188 Å². The van der Waals surface area contributed by atoms with Gasteiger partial charge in [0.1, 0.15) is 0 Å². The summed E-state index contributed by atoms with van der Waals surface area (Å²) in [5, 5.41) is 3.12. The Hall–Kier alpha value is -2.83. The van der Waals surface area contributed by atoms with Crippen molar-refractivity contribution >= 4 is 33.2 Å². The molecule has 2 N–H and O–H groups in total. The van der Waals surface area contributed by atoms with Gasteiger partial charge < -0.3 is 5.32 Å². The molecule has 0 spiro atoms. The fourth-order valence-electron chi connectivity index (χ4n) is 3.27. The van der Waals surface area contributed by atoms with Crippen molar-refractivity contribution < 1.29 is 13.2 Å². The Morgan fingerprint density at radius 3 is 2.19 bits per heavy atom. The normalized spacial score (nSPS) is 12.3. The summed E-state index contributed by atoms with van der Waals surface area (Å²) in [7, 11) is -3.75. The molecule has 31 heavy (non-hydrogen) atoms. The Bertz CT molecular complexity index is 1220. The van der Waals surface area contributed by atoms with Crippen molar-refractivity contribution in [3.05, 3.63) is 93.5 Å². The molecule has 162 valence electrons. The van der Waals surface area contributed by atoms with E-state index in [4.69, 9.17) is 11.6 Å². The number of nitrogens with one attached hydrogen (secondary N) is 2. The first-order valence-electron chi connectivity index (χ1n) is 9.84. The molecule has 0 fully saturated rings. The average molecular weight is 457 g/mol. The highest BCUT2D eigenvalue weighted by Gasteiger charge is 2.18. The summed E-state index contributed by atoms with van der Waals surface area (Å²) in [5.41, 5.74) is 4.76. The summed E-state index contributed by atoms with van der Waals surface area (Å²) in [6.07, 6.45) is 0. The molecule has 3 aromatic carbocycles. The van der Waals surface area contributed by atoms with Gasteiger partial charge in [-0.15, -0.1) is 0 Å². The van der Waals surface area contributed by atoms with Crippen LogP contribution < -0.4 is 10.0 Å². The van der Waals surface area contributed by atoms with Gasteiger partial charge in [0.2, 0.25) is 0 Å². The van der Waals surface area contributed by atoms with E-state index in [1.54, 1.807) is 12.1 Å². The van der Waals surface area contributed by atoms with E-state index in [9.17, 15) is 13.2 Å². The molecule has 7 heteroatoms. The molecule has 3 aromatic rings. The molecule has 0 aliphatic rings. The van der Waals surface area contributed by atoms with Crippen LogP contribution in [-0.4, -0.2) is 14.3 Å². The molecule has 0 aliphatic carbocycles. The fourth-order valence-corrected chi connectivity index (χ4v) is 4.59. The zero-order chi connectivity index (χ0) is 22.8. The van der Waals surface area contributed by atoms with Crippen molar-refractivity contribution in [1.82, 2.24) is 5.32 Å². The predicted molar refractivity (Wildman–Crippen MR) is 125 cm³/mol. The van der Waals surface area contributed by atoms with Gasteiger partial charge in [-0.3, -0.25) is 9.52 Å². The number of hydrogen-bond donors (Lipinski definition) is 2. The van der Waals surface area contributed by atoms with E-state index in [0.717, 1.165) is 22.3 Å². The van der Waals surface area contributed by atoms with Gasteiger partial charge in [0.05, 0.1) is 27.2 Å². The lowest BCUT2D eigenvalue weighted by Gasteiger charge is -2.18. The van der Waals surface area contributed by atoms with Gasteiger partial charge in [0.25, 0.3) is 15.9 Å². The third-order valence-electron chi connectivity index (χ3n) is 5.05. The van der Waals surface area contributed by atoms with Crippen LogP contribution >= 0.6 is 11.6 Å². The van der Waals surface area contributed by atoms with E-state index >= 15 is 0 Å². The molecule has 0 saturated heterocycles. The molecule has 0 saturated carbocycles. The quantitative estimate of drug-likeness (QED) is 0.510. The van der Waals surface area contributed by atoms with E-state index in [0.29, 0.717) is 0 Å². The maximum atomic E-state index is 12.8. The number of aryl methyl sites for hydroxylation is 3. The predicted octanol–water partition coefficient (Wildman–Crippen LogP) is 5.56. The van der Waals surface area contributed by atoms with Crippen molar-refractivity contribution in [3.63, 3.8) is 0 Å². The highest BCUT2D eigenvalue weighted by atomic mass is 35.5. The van der Waals surface area contributed by atoms with Gasteiger partial charge in [-0.25, -0.2) is 8.42 Å². The summed E-state index contributed by atoms with van der Waals surface area (Å²) in [6.45, 7) is 7.80. The number of rotatable bonds is 6. The first-order chi connectivity index (χ1) is 14.6. The molecular weight excluding hydrogens is 432 g/mol. The molecule has 0 aromatic heterocycles. The van der Waals surface area contributed by atoms with E-state index < -0.39 is 10.0 Å². The smallest absolute Gasteiger partial charge is 0.261 e. The lowest BCUT2D eigenvalue weighted by Crippen LogP contribution is -2.27. The molecule has 0 unspecified atom stereocenters. The van der Waals surface area contributed by atoms with Crippen LogP contribution in [0.2, 0.25) is 5.02 Å². The van der Waals surface area contributed by atoms with Gasteiger partial charge >= 0.3 is 0 Å². The van der Waals surface area contributed by atoms with E-state index in [1.807, 2.05) is 45.9 Å². The minimum Gasteiger partial charge on any atom is -0.345 e. The van der Waals surface area contributed by atoms with Crippen LogP contribution in [0.3, 0.4) is 0 Å². The van der Waals surface area contributed by atoms with Crippen LogP contribution in [0, 0.1) is 20.8 Å². The van der Waals surface area contributed by atoms with Crippen molar-refractivity contribution in [2.75, 3.05) is 4.72 Å². The van der Waals surface area contributed by atoms with E-state index in [-0.39, 0.29) is 33.1 Å². The number of benzene rings is 3. The summed E-state index contributed by atoms with van der Waals surface area (Å²) in [4.78, 5) is 12.9. The zero-order valence-electron chi connectivity index (χ0n) is 17.9. The van der Waals surface area contributed by atoms with Crippen LogP contribution in [0.4, 0.5) is 5.69 Å². The standard InChI is InChI=1S/C24H25ClN2O3S/c1-15-6-10-20(11-7-15)31(29,30)27-19-9-12-21(23(25)14-19)24(28)26-18(4)22-13-16(2)5-8-17(22)3/h5-14,18,27H,1-4H3,(H,26,28)/t18-/m0/s1. The monoisotopic (exact) mass is 456 g/mol. The van der Waals surface area contributed by atoms with Gasteiger partial charge in [0, 0.05) is 0 Å². The van der Waals surface area contributed by atoms with Gasteiger partial charge in [-0.05, 0) is 69.2 Å². The summed E-state index contributed by atoms with van der Waals surface area (Å²) in [6, 6.07) is 16.9. The first-order valence-corrected chi connectivity index (χ1v) is 11.7. The minimum absolute atomic E-state index is 0.151. The van der Waals surface area contributed by atoms with Crippen LogP contribution in [0.25, 0.3) is 0 Å². The number of carbonyl (C=O) groups excluding carboxylic acids is 1. The summed E-state index contributed by atoms with van der Waals surface area (Å²) < 4.78 is 27.6. The summed E-state index contributed by atoms with van der Waals surface area (Å²) in [5.74, 6) is -0.327. The molecular formula is C24H25ClN2O3S. The largest absolute Gasteiger partial charge is 0.345 e. The van der Waals surface area contributed by atoms with Crippen LogP contribution in [0.5, 0.6) is 0 Å². The lowest BCUT2D eigenvalue weighted by molar-refractivity contribution is 0.0940. The third-order valence-corrected chi connectivity index (χ3v) is 6.76. The van der Waals surface area contributed by atoms with E-state index in [2.05, 4.69) is 10.0 Å². The third kappa shape index (κ3) is 5.46. The first kappa shape index (κ1) is 22.8. The molecule has 3 rings (SSSR count). The second-order valence-corrected chi connectivity index (χ2v) is 9.76. The SMILES string of the molecule is Cc1ccc(S(=O)(=O)Nc2ccc(C(=O)N[C@@H](C)c3cc(C)ccc3C)c(Cl)c2)cc1. The molecule has 1 amide bonds. The number of sulfonamides is 1. The molecule has 0 aliphatic heterocycles. The van der Waals surface area contributed by atoms with Crippen LogP contribution in [0.15, 0.2) is 65.6 Å². The Balaban J connectivity index is 1.76. The second kappa shape index (κ2) is 9.12. The van der Waals surface area contributed by atoms with Gasteiger partial charge in [0.15, 0.2) is 0 Å². The van der Waals surface area contributed by atoms with Crippen molar-refractivity contribution in [1.29, 1.82) is 0 Å². The number of halogens is 1. The van der Waals surface area contributed by atoms with Gasteiger partial charge in [-0.1, -0.05) is 53.1 Å². The second-order valence-electron chi connectivity index (χ2n) is 7.67. The van der Waals surface area contributed by atoms with Crippen molar-refractivity contribution in [3.8, 4) is 0 Å². The molecule has 0 heterocycles.